The summed E-state index contributed by atoms with van der Waals surface area (Å²) in [5.74, 6) is -0.462. The number of carbonyl (C=O) groups is 1. The summed E-state index contributed by atoms with van der Waals surface area (Å²) < 4.78 is 32.1. The van der Waals surface area contributed by atoms with Crippen molar-refractivity contribution in [3.05, 3.63) is 46.3 Å². The van der Waals surface area contributed by atoms with Crippen molar-refractivity contribution in [3.8, 4) is 0 Å². The van der Waals surface area contributed by atoms with Gasteiger partial charge in [0.1, 0.15) is 0 Å². The molecular weight excluding hydrogens is 437 g/mol. The monoisotopic (exact) mass is 466 g/mol. The van der Waals surface area contributed by atoms with Gasteiger partial charge in [0.15, 0.2) is 0 Å². The Bertz CT molecular complexity index is 1110. The molecule has 32 heavy (non-hydrogen) atoms. The first kappa shape index (κ1) is 23.8. The number of anilines is 1. The number of likely N-dealkylation sites (tertiary alicyclic amines) is 1. The van der Waals surface area contributed by atoms with Crippen molar-refractivity contribution in [2.24, 2.45) is 7.05 Å². The third kappa shape index (κ3) is 4.37. The molecule has 5 rings (SSSR count). The van der Waals surface area contributed by atoms with Crippen LogP contribution < -0.4 is 9.03 Å². The molecule has 1 fully saturated rings. The van der Waals surface area contributed by atoms with Crippen molar-refractivity contribution in [2.75, 3.05) is 24.4 Å². The predicted molar refractivity (Wildman–Crippen MR) is 124 cm³/mol. The van der Waals surface area contributed by atoms with Crippen molar-refractivity contribution < 1.29 is 13.2 Å². The Morgan fingerprint density at radius 1 is 1.12 bits per heavy atom. The average Bonchev–Trinajstić information content (AvgIpc) is 3.05. The summed E-state index contributed by atoms with van der Waals surface area (Å²) in [6, 6.07) is 2.06. The average molecular weight is 467 g/mol. The number of rotatable bonds is 6. The van der Waals surface area contributed by atoms with E-state index in [2.05, 4.69) is 20.8 Å². The molecule has 1 aromatic carbocycles. The third-order valence-electron chi connectivity index (χ3n) is 6.95. The van der Waals surface area contributed by atoms with Gasteiger partial charge in [0.2, 0.25) is 5.91 Å². The molecule has 0 spiro atoms. The summed E-state index contributed by atoms with van der Waals surface area (Å²) in [5.41, 5.74) is 6.71. The zero-order chi connectivity index (χ0) is 21.8. The summed E-state index contributed by atoms with van der Waals surface area (Å²) in [6.07, 6.45) is 8.85. The van der Waals surface area contributed by atoms with E-state index in [0.29, 0.717) is 18.5 Å². The van der Waals surface area contributed by atoms with Gasteiger partial charge in [0, 0.05) is 48.8 Å². The first-order valence-electron chi connectivity index (χ1n) is 11.0. The molecule has 10 heteroatoms. The summed E-state index contributed by atoms with van der Waals surface area (Å²) in [5, 5.41) is 4.15. The van der Waals surface area contributed by atoms with Crippen LogP contribution in [0.15, 0.2) is 18.5 Å². The minimum absolute atomic E-state index is 0. The predicted octanol–water partition coefficient (Wildman–Crippen LogP) is 0.741. The Kier molecular flexibility index (Phi) is 6.76. The van der Waals surface area contributed by atoms with Gasteiger partial charge in [-0.1, -0.05) is 6.07 Å². The summed E-state index contributed by atoms with van der Waals surface area (Å²) >= 11 is 0. The maximum absolute atomic E-state index is 13.4. The molecule has 1 amide bonds. The van der Waals surface area contributed by atoms with E-state index in [4.69, 9.17) is 0 Å². The van der Waals surface area contributed by atoms with E-state index in [0.717, 1.165) is 44.3 Å². The topological polar surface area (TPSA) is 87.5 Å². The molecule has 8 nitrogen and oxygen atoms in total. The van der Waals surface area contributed by atoms with E-state index in [9.17, 15) is 13.2 Å². The molecular formula is C22H29N5NaO3S. The number of hydrogen-bond donors (Lipinski definition) is 1. The number of fused-ring (bicyclic) bond motifs is 2. The maximum Gasteiger partial charge on any atom is 0.326 e. The summed E-state index contributed by atoms with van der Waals surface area (Å²) in [6.45, 7) is 1.63. The number of amides is 1. The number of aromatic nitrogens is 2. The van der Waals surface area contributed by atoms with Crippen LogP contribution in [0.2, 0.25) is 0 Å². The Morgan fingerprint density at radius 2 is 1.75 bits per heavy atom. The fourth-order valence-corrected chi connectivity index (χ4v) is 6.52. The molecule has 3 aliphatic rings. The Balaban J connectivity index is 0.00000245. The molecule has 1 aliphatic heterocycles. The first-order valence-corrected chi connectivity index (χ1v) is 12.4. The number of benzene rings is 1. The smallest absolute Gasteiger partial charge is 0.306 e. The van der Waals surface area contributed by atoms with Gasteiger partial charge in [-0.25, -0.2) is 9.03 Å². The standard InChI is InChI=1S/C22H29N5O3S.Na/c1-25-9-7-17(8-10-25)27(18-13-23-26(2)14-18)31(29,30)24-22(28)12-21-19-5-3-15(19)11-16-4-6-20(16)21;/h11,13-14,17H,3-10,12H2,1-2H3,(H,24,28);. The Hall–Kier alpha value is -1.39. The van der Waals surface area contributed by atoms with Crippen LogP contribution >= 0.6 is 0 Å². The van der Waals surface area contributed by atoms with Crippen molar-refractivity contribution in [3.63, 3.8) is 0 Å². The fourth-order valence-electron chi connectivity index (χ4n) is 5.09. The van der Waals surface area contributed by atoms with Crippen LogP contribution in [0.5, 0.6) is 0 Å². The van der Waals surface area contributed by atoms with Crippen molar-refractivity contribution in [2.45, 2.75) is 51.0 Å². The molecule has 0 atom stereocenters. The van der Waals surface area contributed by atoms with Crippen molar-refractivity contribution in [1.82, 2.24) is 19.4 Å². The van der Waals surface area contributed by atoms with Gasteiger partial charge in [-0.15, -0.1) is 0 Å². The van der Waals surface area contributed by atoms with Gasteiger partial charge in [-0.05, 0) is 86.5 Å². The summed E-state index contributed by atoms with van der Waals surface area (Å²) in [7, 11) is -0.256. The number of nitrogens with zero attached hydrogens (tertiary/aromatic N) is 4. The van der Waals surface area contributed by atoms with Gasteiger partial charge < -0.3 is 4.90 Å². The van der Waals surface area contributed by atoms with Crippen LogP contribution in [0, 0.1) is 0 Å². The van der Waals surface area contributed by atoms with E-state index in [1.54, 1.807) is 24.1 Å². The summed E-state index contributed by atoms with van der Waals surface area (Å²) in [4.78, 5) is 15.1. The molecule has 0 bridgehead atoms. The fraction of sp³-hybridized carbons (Fsp3) is 0.545. The number of aryl methyl sites for hydroxylation is 3. The molecule has 1 aromatic heterocycles. The van der Waals surface area contributed by atoms with E-state index >= 15 is 0 Å². The SMILES string of the molecule is CN1CCC(N(c2cnn(C)c2)S(=O)(=O)NC(=O)Cc2c3c(cc4c2CC4)CC3)CC1.[Na]. The van der Waals surface area contributed by atoms with Crippen LogP contribution in [0.4, 0.5) is 5.69 Å². The van der Waals surface area contributed by atoms with Crippen LogP contribution in [0.1, 0.15) is 40.7 Å². The second-order valence-electron chi connectivity index (χ2n) is 9.04. The quantitative estimate of drug-likeness (QED) is 0.635. The minimum atomic E-state index is -4.05. The van der Waals surface area contributed by atoms with E-state index in [1.807, 2.05) is 7.05 Å². The molecule has 1 saturated heterocycles. The Labute approximate surface area is 211 Å². The molecule has 0 saturated carbocycles. The third-order valence-corrected chi connectivity index (χ3v) is 8.46. The van der Waals surface area contributed by atoms with Crippen molar-refractivity contribution in [1.29, 1.82) is 0 Å². The van der Waals surface area contributed by atoms with Gasteiger partial charge in [-0.3, -0.25) is 9.48 Å². The van der Waals surface area contributed by atoms with Crippen LogP contribution in [0.25, 0.3) is 0 Å². The zero-order valence-corrected chi connectivity index (χ0v) is 21.9. The second kappa shape index (κ2) is 9.10. The van der Waals surface area contributed by atoms with E-state index in [-0.39, 0.29) is 42.0 Å². The van der Waals surface area contributed by atoms with Crippen LogP contribution in [-0.2, 0) is 54.2 Å². The Morgan fingerprint density at radius 3 is 2.25 bits per heavy atom. The van der Waals surface area contributed by atoms with E-state index < -0.39 is 16.1 Å². The normalized spacial score (nSPS) is 17.9. The van der Waals surface area contributed by atoms with Gasteiger partial charge in [0.05, 0.1) is 18.3 Å². The molecule has 2 heterocycles. The molecule has 1 radical (unpaired) electrons. The van der Waals surface area contributed by atoms with Gasteiger partial charge in [-0.2, -0.15) is 13.5 Å². The molecule has 167 valence electrons. The zero-order valence-electron chi connectivity index (χ0n) is 19.1. The second-order valence-corrected chi connectivity index (χ2v) is 10.6. The maximum atomic E-state index is 13.4. The first-order chi connectivity index (χ1) is 14.8. The molecule has 0 unspecified atom stereocenters. The molecule has 1 N–H and O–H groups in total. The van der Waals surface area contributed by atoms with Crippen molar-refractivity contribution >= 4 is 51.4 Å². The number of hydrogen-bond acceptors (Lipinski definition) is 5. The molecule has 2 aliphatic carbocycles. The van der Waals surface area contributed by atoms with Gasteiger partial charge >= 0.3 is 10.2 Å². The number of carbonyl (C=O) groups excluding carboxylic acids is 1. The minimum Gasteiger partial charge on any atom is -0.306 e. The van der Waals surface area contributed by atoms with Crippen LogP contribution in [-0.4, -0.2) is 84.7 Å². The largest absolute Gasteiger partial charge is 0.326 e. The number of nitrogens with one attached hydrogen (secondary N) is 1. The van der Waals surface area contributed by atoms with Crippen LogP contribution in [0.3, 0.4) is 0 Å². The van der Waals surface area contributed by atoms with E-state index in [1.165, 1.54) is 26.6 Å². The number of piperidine rings is 1. The molecule has 2 aromatic rings. The van der Waals surface area contributed by atoms with Gasteiger partial charge in [0.25, 0.3) is 0 Å².